The largest absolute Gasteiger partial charge is 0.289 e. The average Bonchev–Trinajstić information content (AvgIpc) is 2.89. The Hall–Kier alpha value is -2.30. The molecule has 1 aromatic heterocycles. The van der Waals surface area contributed by atoms with Crippen LogP contribution in [0.15, 0.2) is 36.7 Å². The van der Waals surface area contributed by atoms with Gasteiger partial charge in [-0.05, 0) is 25.1 Å². The number of halogens is 2. The SMILES string of the molecule is CCn1cc(C(=O)C=Cc2cccc(F)c2F)cn1. The molecule has 98 valence electrons. The lowest BCUT2D eigenvalue weighted by Crippen LogP contribution is -1.95. The van der Waals surface area contributed by atoms with Gasteiger partial charge in [-0.3, -0.25) is 9.48 Å². The summed E-state index contributed by atoms with van der Waals surface area (Å²) in [6.45, 7) is 2.56. The van der Waals surface area contributed by atoms with Gasteiger partial charge in [0.2, 0.25) is 0 Å². The highest BCUT2D eigenvalue weighted by molar-refractivity contribution is 6.06. The van der Waals surface area contributed by atoms with Gasteiger partial charge in [-0.2, -0.15) is 5.10 Å². The Kier molecular flexibility index (Phi) is 3.85. The molecule has 0 aliphatic carbocycles. The maximum absolute atomic E-state index is 13.4. The molecule has 3 nitrogen and oxygen atoms in total. The molecular formula is C14H12F2N2O. The first-order valence-electron chi connectivity index (χ1n) is 5.80. The van der Waals surface area contributed by atoms with Crippen molar-refractivity contribution in [1.29, 1.82) is 0 Å². The highest BCUT2D eigenvalue weighted by Crippen LogP contribution is 2.13. The maximum atomic E-state index is 13.4. The van der Waals surface area contributed by atoms with E-state index in [1.807, 2.05) is 6.92 Å². The van der Waals surface area contributed by atoms with Gasteiger partial charge in [0.25, 0.3) is 0 Å². The fourth-order valence-corrected chi connectivity index (χ4v) is 1.57. The molecule has 5 heteroatoms. The Bertz CT molecular complexity index is 632. The van der Waals surface area contributed by atoms with E-state index in [1.54, 1.807) is 10.9 Å². The number of allylic oxidation sites excluding steroid dienone is 1. The Morgan fingerprint density at radius 1 is 1.42 bits per heavy atom. The molecule has 0 saturated carbocycles. The van der Waals surface area contributed by atoms with Crippen LogP contribution in [-0.4, -0.2) is 15.6 Å². The summed E-state index contributed by atoms with van der Waals surface area (Å²) in [5, 5.41) is 3.97. The molecule has 1 aromatic carbocycles. The lowest BCUT2D eigenvalue weighted by Gasteiger charge is -1.97. The Balaban J connectivity index is 2.18. The summed E-state index contributed by atoms with van der Waals surface area (Å²) in [6.07, 6.45) is 5.51. The molecule has 0 unspecified atom stereocenters. The predicted octanol–water partition coefficient (Wildman–Crippen LogP) is 3.08. The quantitative estimate of drug-likeness (QED) is 0.627. The number of ketones is 1. The second-order valence-electron chi connectivity index (χ2n) is 3.93. The first-order chi connectivity index (χ1) is 9.11. The minimum absolute atomic E-state index is 0.0382. The van der Waals surface area contributed by atoms with E-state index in [-0.39, 0.29) is 11.3 Å². The van der Waals surface area contributed by atoms with E-state index >= 15 is 0 Å². The van der Waals surface area contributed by atoms with Gasteiger partial charge in [-0.25, -0.2) is 8.78 Å². The minimum Gasteiger partial charge on any atom is -0.289 e. The zero-order valence-corrected chi connectivity index (χ0v) is 10.3. The van der Waals surface area contributed by atoms with E-state index in [9.17, 15) is 13.6 Å². The van der Waals surface area contributed by atoms with Gasteiger partial charge in [0, 0.05) is 18.3 Å². The normalized spacial score (nSPS) is 11.1. The van der Waals surface area contributed by atoms with Crippen LogP contribution in [0.1, 0.15) is 22.8 Å². The molecule has 19 heavy (non-hydrogen) atoms. The fraction of sp³-hybridized carbons (Fsp3) is 0.143. The van der Waals surface area contributed by atoms with E-state index < -0.39 is 11.6 Å². The molecule has 0 aliphatic heterocycles. The molecule has 0 fully saturated rings. The van der Waals surface area contributed by atoms with Crippen LogP contribution in [0.4, 0.5) is 8.78 Å². The van der Waals surface area contributed by atoms with E-state index in [1.165, 1.54) is 30.5 Å². The van der Waals surface area contributed by atoms with E-state index in [4.69, 9.17) is 0 Å². The van der Waals surface area contributed by atoms with Crippen molar-refractivity contribution in [2.24, 2.45) is 0 Å². The van der Waals surface area contributed by atoms with Crippen molar-refractivity contribution >= 4 is 11.9 Å². The van der Waals surface area contributed by atoms with Crippen LogP contribution in [0.5, 0.6) is 0 Å². The number of nitrogens with zero attached hydrogens (tertiary/aromatic N) is 2. The number of aromatic nitrogens is 2. The van der Waals surface area contributed by atoms with Crippen molar-refractivity contribution in [2.45, 2.75) is 13.5 Å². The van der Waals surface area contributed by atoms with Gasteiger partial charge in [-0.15, -0.1) is 0 Å². The van der Waals surface area contributed by atoms with Crippen molar-refractivity contribution < 1.29 is 13.6 Å². The molecular weight excluding hydrogens is 250 g/mol. The molecule has 0 bridgehead atoms. The smallest absolute Gasteiger partial charge is 0.189 e. The van der Waals surface area contributed by atoms with Crippen molar-refractivity contribution in [2.75, 3.05) is 0 Å². The van der Waals surface area contributed by atoms with Crippen LogP contribution in [0, 0.1) is 11.6 Å². The van der Waals surface area contributed by atoms with Crippen LogP contribution in [0.25, 0.3) is 6.08 Å². The van der Waals surface area contributed by atoms with Crippen molar-refractivity contribution in [1.82, 2.24) is 9.78 Å². The third kappa shape index (κ3) is 2.93. The standard InChI is InChI=1S/C14H12F2N2O/c1-2-18-9-11(8-17-18)13(19)7-6-10-4-3-5-12(15)14(10)16/h3-9H,2H2,1H3. The van der Waals surface area contributed by atoms with E-state index in [0.717, 1.165) is 6.07 Å². The maximum Gasteiger partial charge on any atom is 0.189 e. The average molecular weight is 262 g/mol. The summed E-state index contributed by atoms with van der Waals surface area (Å²) in [4.78, 5) is 11.8. The highest BCUT2D eigenvalue weighted by atomic mass is 19.2. The number of aryl methyl sites for hydroxylation is 1. The topological polar surface area (TPSA) is 34.9 Å². The molecule has 0 N–H and O–H groups in total. The summed E-state index contributed by atoms with van der Waals surface area (Å²) in [5.41, 5.74) is 0.450. The van der Waals surface area contributed by atoms with E-state index in [0.29, 0.717) is 12.1 Å². The van der Waals surface area contributed by atoms with Gasteiger partial charge in [-0.1, -0.05) is 12.1 Å². The second-order valence-corrected chi connectivity index (χ2v) is 3.93. The van der Waals surface area contributed by atoms with Crippen molar-refractivity contribution in [3.05, 3.63) is 59.4 Å². The number of benzene rings is 1. The van der Waals surface area contributed by atoms with Crippen LogP contribution < -0.4 is 0 Å². The monoisotopic (exact) mass is 262 g/mol. The number of carbonyl (C=O) groups excluding carboxylic acids is 1. The molecule has 2 rings (SSSR count). The molecule has 0 saturated heterocycles. The van der Waals surface area contributed by atoms with Crippen LogP contribution in [0.2, 0.25) is 0 Å². The van der Waals surface area contributed by atoms with Gasteiger partial charge in [0.15, 0.2) is 17.4 Å². The van der Waals surface area contributed by atoms with Gasteiger partial charge < -0.3 is 0 Å². The lowest BCUT2D eigenvalue weighted by atomic mass is 10.1. The summed E-state index contributed by atoms with van der Waals surface area (Å²) in [7, 11) is 0. The van der Waals surface area contributed by atoms with Gasteiger partial charge >= 0.3 is 0 Å². The minimum atomic E-state index is -0.962. The summed E-state index contributed by atoms with van der Waals surface area (Å²) >= 11 is 0. The number of hydrogen-bond acceptors (Lipinski definition) is 2. The zero-order valence-electron chi connectivity index (χ0n) is 10.3. The third-order valence-electron chi connectivity index (χ3n) is 2.64. The van der Waals surface area contributed by atoms with Gasteiger partial charge in [0.05, 0.1) is 11.8 Å². The highest BCUT2D eigenvalue weighted by Gasteiger charge is 2.07. The number of carbonyl (C=O) groups is 1. The third-order valence-corrected chi connectivity index (χ3v) is 2.64. The molecule has 0 aliphatic rings. The molecule has 2 aromatic rings. The van der Waals surface area contributed by atoms with E-state index in [2.05, 4.69) is 5.10 Å². The molecule has 0 amide bonds. The summed E-state index contributed by atoms with van der Waals surface area (Å²) in [6, 6.07) is 3.81. The van der Waals surface area contributed by atoms with Crippen LogP contribution in [0.3, 0.4) is 0 Å². The number of rotatable bonds is 4. The van der Waals surface area contributed by atoms with Crippen LogP contribution >= 0.6 is 0 Å². The Labute approximate surface area is 109 Å². The Morgan fingerprint density at radius 3 is 2.89 bits per heavy atom. The summed E-state index contributed by atoms with van der Waals surface area (Å²) < 4.78 is 27.9. The fourth-order valence-electron chi connectivity index (χ4n) is 1.57. The Morgan fingerprint density at radius 2 is 2.21 bits per heavy atom. The zero-order chi connectivity index (χ0) is 13.8. The number of hydrogen-bond donors (Lipinski definition) is 0. The molecule has 0 radical (unpaired) electrons. The predicted molar refractivity (Wildman–Crippen MR) is 67.6 cm³/mol. The molecule has 0 atom stereocenters. The lowest BCUT2D eigenvalue weighted by molar-refractivity contribution is 0.104. The summed E-state index contributed by atoms with van der Waals surface area (Å²) in [5.74, 6) is -2.20. The molecule has 0 spiro atoms. The first kappa shape index (κ1) is 13.1. The van der Waals surface area contributed by atoms with Crippen molar-refractivity contribution in [3.8, 4) is 0 Å². The molecule has 1 heterocycles. The second kappa shape index (κ2) is 5.56. The first-order valence-corrected chi connectivity index (χ1v) is 5.80. The van der Waals surface area contributed by atoms with Crippen molar-refractivity contribution in [3.63, 3.8) is 0 Å². The van der Waals surface area contributed by atoms with Gasteiger partial charge in [0.1, 0.15) is 0 Å². The van der Waals surface area contributed by atoms with Crippen LogP contribution in [-0.2, 0) is 6.54 Å².